The van der Waals surface area contributed by atoms with Gasteiger partial charge in [0.05, 0.1) is 20.8 Å². The van der Waals surface area contributed by atoms with Crippen LogP contribution in [0.5, 0.6) is 11.6 Å². The van der Waals surface area contributed by atoms with Crippen LogP contribution >= 0.6 is 0 Å². The van der Waals surface area contributed by atoms with Crippen LogP contribution in [0.15, 0.2) is 30.5 Å². The Balaban J connectivity index is 1.93. The van der Waals surface area contributed by atoms with E-state index in [1.54, 1.807) is 20.4 Å². The predicted octanol–water partition coefficient (Wildman–Crippen LogP) is 1.22. The summed E-state index contributed by atoms with van der Waals surface area (Å²) in [6.45, 7) is 0.239. The van der Waals surface area contributed by atoms with E-state index in [1.165, 1.54) is 11.8 Å². The summed E-state index contributed by atoms with van der Waals surface area (Å²) in [4.78, 5) is 12.0. The highest BCUT2D eigenvalue weighted by atomic mass is 16.5. The summed E-state index contributed by atoms with van der Waals surface area (Å²) in [5, 5.41) is 6.74. The number of carbonyl (C=O) groups excluding carboxylic acids is 1. The monoisotopic (exact) mass is 299 g/mol. The van der Waals surface area contributed by atoms with E-state index in [0.29, 0.717) is 11.4 Å². The highest BCUT2D eigenvalue weighted by molar-refractivity contribution is 5.96. The minimum Gasteiger partial charge on any atom is -0.497 e. The van der Waals surface area contributed by atoms with E-state index in [0.717, 1.165) is 11.3 Å². The fourth-order valence-corrected chi connectivity index (χ4v) is 1.81. The first-order valence-corrected chi connectivity index (χ1v) is 6.63. The molecule has 2 rings (SSSR count). The molecule has 0 saturated carbocycles. The van der Waals surface area contributed by atoms with Crippen LogP contribution in [0.3, 0.4) is 0 Å². The van der Waals surface area contributed by atoms with Gasteiger partial charge >= 0.3 is 0 Å². The second-order valence-electron chi connectivity index (χ2n) is 4.44. The number of hydrogen-bond donors (Lipinski definition) is 1. The number of methoxy groups -OCH3 is 2. The Hall–Kier alpha value is -2.94. The normalized spacial score (nSPS) is 9.59. The molecule has 0 aliphatic heterocycles. The molecule has 114 valence electrons. The molecule has 2 aromatic rings. The van der Waals surface area contributed by atoms with Gasteiger partial charge in [0.15, 0.2) is 0 Å². The number of rotatable bonds is 4. The van der Waals surface area contributed by atoms with Crippen molar-refractivity contribution in [3.8, 4) is 23.5 Å². The molecule has 1 aromatic heterocycles. The first-order chi connectivity index (χ1) is 10.6. The van der Waals surface area contributed by atoms with Crippen molar-refractivity contribution in [1.82, 2.24) is 15.1 Å². The number of ether oxygens (including phenoxy) is 2. The molecule has 6 nitrogen and oxygen atoms in total. The summed E-state index contributed by atoms with van der Waals surface area (Å²) in [5.74, 6) is 6.66. The highest BCUT2D eigenvalue weighted by Crippen LogP contribution is 2.14. The molecule has 1 N–H and O–H groups in total. The van der Waals surface area contributed by atoms with Crippen molar-refractivity contribution in [1.29, 1.82) is 0 Å². The molecule has 0 aliphatic carbocycles. The average molecular weight is 299 g/mol. The van der Waals surface area contributed by atoms with Crippen molar-refractivity contribution < 1.29 is 14.3 Å². The van der Waals surface area contributed by atoms with Crippen LogP contribution in [-0.4, -0.2) is 36.5 Å². The van der Waals surface area contributed by atoms with Crippen LogP contribution < -0.4 is 14.8 Å². The third kappa shape index (κ3) is 3.79. The summed E-state index contributed by atoms with van der Waals surface area (Å²) >= 11 is 0. The van der Waals surface area contributed by atoms with Gasteiger partial charge in [-0.15, -0.1) is 5.10 Å². The average Bonchev–Trinajstić information content (AvgIpc) is 2.93. The van der Waals surface area contributed by atoms with Crippen LogP contribution in [0, 0.1) is 11.8 Å². The molecule has 6 heteroatoms. The fraction of sp³-hybridized carbons (Fsp3) is 0.250. The quantitative estimate of drug-likeness (QED) is 0.862. The largest absolute Gasteiger partial charge is 0.497 e. The Morgan fingerprint density at radius 1 is 1.27 bits per heavy atom. The number of nitrogens with zero attached hydrogens (tertiary/aromatic N) is 2. The molecule has 1 heterocycles. The first-order valence-electron chi connectivity index (χ1n) is 6.63. The van der Waals surface area contributed by atoms with Gasteiger partial charge in [0.1, 0.15) is 11.3 Å². The van der Waals surface area contributed by atoms with Crippen LogP contribution in [0.4, 0.5) is 0 Å². The van der Waals surface area contributed by atoms with E-state index in [2.05, 4.69) is 22.3 Å². The highest BCUT2D eigenvalue weighted by Gasteiger charge is 2.15. The van der Waals surface area contributed by atoms with Crippen LogP contribution in [0.25, 0.3) is 0 Å². The van der Waals surface area contributed by atoms with Crippen molar-refractivity contribution >= 4 is 5.91 Å². The van der Waals surface area contributed by atoms with E-state index < -0.39 is 0 Å². The minimum atomic E-state index is -0.269. The lowest BCUT2D eigenvalue weighted by Crippen LogP contribution is -2.23. The number of aromatic nitrogens is 2. The SMILES string of the molecule is COc1ccc(C#CCNC(=O)c2cn(C)nc2OC)cc1. The van der Waals surface area contributed by atoms with E-state index in [4.69, 9.17) is 9.47 Å². The van der Waals surface area contributed by atoms with Gasteiger partial charge in [-0.25, -0.2) is 0 Å². The summed E-state index contributed by atoms with van der Waals surface area (Å²) in [6.07, 6.45) is 1.60. The zero-order chi connectivity index (χ0) is 15.9. The summed E-state index contributed by atoms with van der Waals surface area (Å²) in [5.41, 5.74) is 1.24. The van der Waals surface area contributed by atoms with E-state index in [1.807, 2.05) is 24.3 Å². The van der Waals surface area contributed by atoms with Gasteiger partial charge in [-0.1, -0.05) is 11.8 Å². The molecule has 0 spiro atoms. The van der Waals surface area contributed by atoms with E-state index >= 15 is 0 Å². The Morgan fingerprint density at radius 3 is 2.64 bits per heavy atom. The predicted molar refractivity (Wildman–Crippen MR) is 82.0 cm³/mol. The second kappa shape index (κ2) is 7.18. The Labute approximate surface area is 129 Å². The molecular formula is C16H17N3O3. The van der Waals surface area contributed by atoms with Crippen LogP contribution in [0.1, 0.15) is 15.9 Å². The number of carbonyl (C=O) groups is 1. The third-order valence-electron chi connectivity index (χ3n) is 2.89. The Morgan fingerprint density at radius 2 is 2.00 bits per heavy atom. The van der Waals surface area contributed by atoms with Crippen LogP contribution in [-0.2, 0) is 7.05 Å². The zero-order valence-electron chi connectivity index (χ0n) is 12.7. The molecule has 0 aliphatic rings. The lowest BCUT2D eigenvalue weighted by molar-refractivity contribution is 0.0955. The Bertz CT molecular complexity index is 708. The first kappa shape index (κ1) is 15.4. The van der Waals surface area contributed by atoms with Gasteiger partial charge < -0.3 is 14.8 Å². The van der Waals surface area contributed by atoms with E-state index in [-0.39, 0.29) is 12.5 Å². The van der Waals surface area contributed by atoms with Gasteiger partial charge in [-0.3, -0.25) is 9.48 Å². The number of amides is 1. The minimum absolute atomic E-state index is 0.239. The van der Waals surface area contributed by atoms with Crippen molar-refractivity contribution in [2.45, 2.75) is 0 Å². The van der Waals surface area contributed by atoms with E-state index in [9.17, 15) is 4.79 Å². The molecule has 0 fully saturated rings. The van der Waals surface area contributed by atoms with Crippen molar-refractivity contribution in [2.75, 3.05) is 20.8 Å². The van der Waals surface area contributed by atoms with Gasteiger partial charge in [-0.05, 0) is 24.3 Å². The summed E-state index contributed by atoms with van der Waals surface area (Å²) in [6, 6.07) is 7.39. The third-order valence-corrected chi connectivity index (χ3v) is 2.89. The molecular weight excluding hydrogens is 282 g/mol. The molecule has 0 atom stereocenters. The Kier molecular flexibility index (Phi) is 5.04. The maximum Gasteiger partial charge on any atom is 0.259 e. The number of hydrogen-bond acceptors (Lipinski definition) is 4. The van der Waals surface area contributed by atoms with Crippen LogP contribution in [0.2, 0.25) is 0 Å². The van der Waals surface area contributed by atoms with Crippen molar-refractivity contribution in [3.05, 3.63) is 41.6 Å². The van der Waals surface area contributed by atoms with Gasteiger partial charge in [0, 0.05) is 18.8 Å². The van der Waals surface area contributed by atoms with Crippen molar-refractivity contribution in [2.24, 2.45) is 7.05 Å². The van der Waals surface area contributed by atoms with Gasteiger partial charge in [-0.2, -0.15) is 0 Å². The zero-order valence-corrected chi connectivity index (χ0v) is 12.7. The topological polar surface area (TPSA) is 65.4 Å². The molecule has 0 radical (unpaired) electrons. The number of aryl methyl sites for hydroxylation is 1. The molecule has 0 unspecified atom stereocenters. The van der Waals surface area contributed by atoms with Gasteiger partial charge in [0.25, 0.3) is 5.91 Å². The van der Waals surface area contributed by atoms with Gasteiger partial charge in [0.2, 0.25) is 5.88 Å². The standard InChI is InChI=1S/C16H17N3O3/c1-19-11-14(16(18-19)22-3)15(20)17-10-4-5-12-6-8-13(21-2)9-7-12/h6-9,11H,10H2,1-3H3,(H,17,20). The molecule has 0 saturated heterocycles. The summed E-state index contributed by atoms with van der Waals surface area (Å²) < 4.78 is 11.6. The molecule has 1 amide bonds. The molecule has 1 aromatic carbocycles. The molecule has 0 bridgehead atoms. The maximum absolute atomic E-state index is 12.0. The summed E-state index contributed by atoms with van der Waals surface area (Å²) in [7, 11) is 4.81. The second-order valence-corrected chi connectivity index (χ2v) is 4.44. The molecule has 22 heavy (non-hydrogen) atoms. The van der Waals surface area contributed by atoms with Crippen molar-refractivity contribution in [3.63, 3.8) is 0 Å². The number of benzene rings is 1. The lowest BCUT2D eigenvalue weighted by Gasteiger charge is -2.00. The maximum atomic E-state index is 12.0. The fourth-order valence-electron chi connectivity index (χ4n) is 1.81. The number of nitrogens with one attached hydrogen (secondary N) is 1. The smallest absolute Gasteiger partial charge is 0.259 e. The lowest BCUT2D eigenvalue weighted by atomic mass is 10.2.